The smallest absolute Gasteiger partial charge is 0.164 e. The molecule has 1 atom stereocenters. The second-order valence-corrected chi connectivity index (χ2v) is 12.8. The van der Waals surface area contributed by atoms with Crippen molar-refractivity contribution in [2.24, 2.45) is 0 Å². The lowest BCUT2D eigenvalue weighted by Crippen LogP contribution is -2.22. The third kappa shape index (κ3) is 4.92. The SMILES string of the molecule is CC1(c2ccccc2)c2ccccc2-c2c1ccc(-c1cccc(-c3nc(-c4ccccc4)nc(-c4ccccc4)n3)c1)c2-c1ccncc1. The molecular formula is C46H32N4. The molecule has 0 saturated heterocycles. The highest BCUT2D eigenvalue weighted by atomic mass is 15.0. The normalized spacial score (nSPS) is 14.6. The van der Waals surface area contributed by atoms with Gasteiger partial charge in [0.15, 0.2) is 17.5 Å². The molecule has 50 heavy (non-hydrogen) atoms. The van der Waals surface area contributed by atoms with Gasteiger partial charge in [0.05, 0.1) is 0 Å². The Morgan fingerprint density at radius 1 is 0.380 bits per heavy atom. The highest BCUT2D eigenvalue weighted by Gasteiger charge is 2.42. The quantitative estimate of drug-likeness (QED) is 0.181. The Kier molecular flexibility index (Phi) is 7.21. The van der Waals surface area contributed by atoms with Gasteiger partial charge in [-0.1, -0.05) is 146 Å². The highest BCUT2D eigenvalue weighted by Crippen LogP contribution is 2.56. The van der Waals surface area contributed by atoms with Crippen molar-refractivity contribution in [2.45, 2.75) is 12.3 Å². The molecular weight excluding hydrogens is 609 g/mol. The van der Waals surface area contributed by atoms with Gasteiger partial charge in [-0.3, -0.25) is 4.98 Å². The van der Waals surface area contributed by atoms with E-state index in [4.69, 9.17) is 15.0 Å². The largest absolute Gasteiger partial charge is 0.265 e. The van der Waals surface area contributed by atoms with Gasteiger partial charge in [-0.2, -0.15) is 0 Å². The molecule has 4 heteroatoms. The molecule has 1 aliphatic rings. The Labute approximate surface area is 291 Å². The lowest BCUT2D eigenvalue weighted by molar-refractivity contribution is 0.714. The van der Waals surface area contributed by atoms with Crippen molar-refractivity contribution in [1.29, 1.82) is 0 Å². The molecule has 0 aliphatic heterocycles. The summed E-state index contributed by atoms with van der Waals surface area (Å²) in [5.74, 6) is 1.92. The summed E-state index contributed by atoms with van der Waals surface area (Å²) >= 11 is 0. The number of nitrogens with zero attached hydrogens (tertiary/aromatic N) is 4. The average molecular weight is 641 g/mol. The topological polar surface area (TPSA) is 51.6 Å². The van der Waals surface area contributed by atoms with Gasteiger partial charge in [0.25, 0.3) is 0 Å². The first-order valence-electron chi connectivity index (χ1n) is 16.9. The summed E-state index contributed by atoms with van der Waals surface area (Å²) in [6, 6.07) is 57.4. The number of benzene rings is 6. The van der Waals surface area contributed by atoms with Gasteiger partial charge in [-0.05, 0) is 75.2 Å². The molecule has 236 valence electrons. The number of pyridine rings is 1. The van der Waals surface area contributed by atoms with Crippen molar-refractivity contribution in [3.8, 4) is 67.5 Å². The van der Waals surface area contributed by atoms with Crippen LogP contribution in [0.15, 0.2) is 176 Å². The first-order chi connectivity index (χ1) is 24.7. The van der Waals surface area contributed by atoms with Crippen molar-refractivity contribution < 1.29 is 0 Å². The molecule has 0 spiro atoms. The van der Waals surface area contributed by atoms with E-state index in [0.29, 0.717) is 17.5 Å². The minimum atomic E-state index is -0.304. The lowest BCUT2D eigenvalue weighted by atomic mass is 9.73. The first kappa shape index (κ1) is 29.6. The molecule has 0 fully saturated rings. The summed E-state index contributed by atoms with van der Waals surface area (Å²) in [6.45, 7) is 2.36. The van der Waals surface area contributed by atoms with E-state index in [1.807, 2.05) is 73.1 Å². The van der Waals surface area contributed by atoms with E-state index >= 15 is 0 Å². The van der Waals surface area contributed by atoms with E-state index in [1.165, 1.54) is 33.4 Å². The van der Waals surface area contributed by atoms with Crippen molar-refractivity contribution in [3.05, 3.63) is 193 Å². The van der Waals surface area contributed by atoms with Gasteiger partial charge < -0.3 is 0 Å². The number of hydrogen-bond donors (Lipinski definition) is 0. The van der Waals surface area contributed by atoms with Crippen LogP contribution in [0.2, 0.25) is 0 Å². The third-order valence-corrected chi connectivity index (χ3v) is 9.93. The predicted octanol–water partition coefficient (Wildman–Crippen LogP) is 10.9. The number of fused-ring (bicyclic) bond motifs is 3. The summed E-state index contributed by atoms with van der Waals surface area (Å²) in [5.41, 5.74) is 13.5. The van der Waals surface area contributed by atoms with E-state index in [1.54, 1.807) is 0 Å². The molecule has 1 unspecified atom stereocenters. The molecule has 0 saturated carbocycles. The number of hydrogen-bond acceptors (Lipinski definition) is 4. The molecule has 2 heterocycles. The van der Waals surface area contributed by atoms with E-state index in [-0.39, 0.29) is 5.41 Å². The molecule has 1 aliphatic carbocycles. The van der Waals surface area contributed by atoms with Crippen LogP contribution in [0, 0.1) is 0 Å². The van der Waals surface area contributed by atoms with Gasteiger partial charge in [0, 0.05) is 34.5 Å². The molecule has 9 rings (SSSR count). The van der Waals surface area contributed by atoms with Gasteiger partial charge in [0.1, 0.15) is 0 Å². The van der Waals surface area contributed by atoms with Gasteiger partial charge >= 0.3 is 0 Å². The van der Waals surface area contributed by atoms with Gasteiger partial charge in [-0.25, -0.2) is 15.0 Å². The zero-order chi connectivity index (χ0) is 33.5. The molecule has 2 aromatic heterocycles. The fourth-order valence-electron chi connectivity index (χ4n) is 7.49. The van der Waals surface area contributed by atoms with Crippen LogP contribution in [0.1, 0.15) is 23.6 Å². The van der Waals surface area contributed by atoms with Crippen LogP contribution >= 0.6 is 0 Å². The van der Waals surface area contributed by atoms with Crippen LogP contribution in [0.5, 0.6) is 0 Å². The second kappa shape index (κ2) is 12.2. The van der Waals surface area contributed by atoms with Crippen LogP contribution in [0.4, 0.5) is 0 Å². The summed E-state index contributed by atoms with van der Waals surface area (Å²) in [6.07, 6.45) is 3.76. The molecule has 8 aromatic rings. The Morgan fingerprint density at radius 2 is 0.920 bits per heavy atom. The fourth-order valence-corrected chi connectivity index (χ4v) is 7.49. The molecule has 0 bridgehead atoms. The Morgan fingerprint density at radius 3 is 1.58 bits per heavy atom. The molecule has 4 nitrogen and oxygen atoms in total. The maximum Gasteiger partial charge on any atom is 0.164 e. The van der Waals surface area contributed by atoms with Crippen molar-refractivity contribution in [1.82, 2.24) is 19.9 Å². The van der Waals surface area contributed by atoms with Crippen molar-refractivity contribution >= 4 is 0 Å². The number of rotatable bonds is 6. The van der Waals surface area contributed by atoms with E-state index in [0.717, 1.165) is 33.4 Å². The summed E-state index contributed by atoms with van der Waals surface area (Å²) in [7, 11) is 0. The Bertz CT molecular complexity index is 2420. The lowest BCUT2D eigenvalue weighted by Gasteiger charge is -2.29. The Hall–Kier alpha value is -6.52. The summed E-state index contributed by atoms with van der Waals surface area (Å²) < 4.78 is 0. The van der Waals surface area contributed by atoms with Crippen LogP contribution < -0.4 is 0 Å². The summed E-state index contributed by atoms with van der Waals surface area (Å²) in [4.78, 5) is 19.3. The minimum absolute atomic E-state index is 0.304. The highest BCUT2D eigenvalue weighted by molar-refractivity contribution is 6.01. The molecule has 0 amide bonds. The average Bonchev–Trinajstić information content (AvgIpc) is 3.47. The predicted molar refractivity (Wildman–Crippen MR) is 202 cm³/mol. The maximum atomic E-state index is 5.02. The minimum Gasteiger partial charge on any atom is -0.265 e. The Balaban J connectivity index is 1.26. The maximum absolute atomic E-state index is 5.02. The van der Waals surface area contributed by atoms with Crippen LogP contribution in [-0.2, 0) is 5.41 Å². The second-order valence-electron chi connectivity index (χ2n) is 12.8. The molecule has 6 aromatic carbocycles. The van der Waals surface area contributed by atoms with Gasteiger partial charge in [-0.15, -0.1) is 0 Å². The first-order valence-corrected chi connectivity index (χ1v) is 16.9. The zero-order valence-corrected chi connectivity index (χ0v) is 27.5. The van der Waals surface area contributed by atoms with Crippen molar-refractivity contribution in [3.63, 3.8) is 0 Å². The zero-order valence-electron chi connectivity index (χ0n) is 27.5. The molecule has 0 N–H and O–H groups in total. The van der Waals surface area contributed by atoms with Crippen LogP contribution in [0.25, 0.3) is 67.5 Å². The summed E-state index contributed by atoms with van der Waals surface area (Å²) in [5, 5.41) is 0. The van der Waals surface area contributed by atoms with Crippen LogP contribution in [-0.4, -0.2) is 19.9 Å². The number of aromatic nitrogens is 4. The standard InChI is InChI=1S/C46H32N4/c1-46(36-20-9-4-10-21-36)39-23-12-11-22-38(39)42-40(46)25-24-37(41(42)31-26-28-47-29-27-31)34-18-13-19-35(30-34)45-49-43(32-14-5-2-6-15-32)48-44(50-45)33-16-7-3-8-17-33/h2-30H,1H3. The van der Waals surface area contributed by atoms with E-state index < -0.39 is 0 Å². The van der Waals surface area contributed by atoms with E-state index in [9.17, 15) is 0 Å². The van der Waals surface area contributed by atoms with E-state index in [2.05, 4.69) is 115 Å². The van der Waals surface area contributed by atoms with Crippen LogP contribution in [0.3, 0.4) is 0 Å². The van der Waals surface area contributed by atoms with Gasteiger partial charge in [0.2, 0.25) is 0 Å². The third-order valence-electron chi connectivity index (χ3n) is 9.93. The van der Waals surface area contributed by atoms with Crippen molar-refractivity contribution in [2.75, 3.05) is 0 Å². The fraction of sp³-hybridized carbons (Fsp3) is 0.0435. The monoisotopic (exact) mass is 640 g/mol. The molecule has 0 radical (unpaired) electrons.